The number of aryl methyl sites for hydroxylation is 1. The van der Waals surface area contributed by atoms with E-state index in [-0.39, 0.29) is 5.56 Å². The number of benzene rings is 1. The maximum absolute atomic E-state index is 13.0. The van der Waals surface area contributed by atoms with Gasteiger partial charge in [0, 0.05) is 67.4 Å². The molecule has 2 aliphatic rings. The van der Waals surface area contributed by atoms with E-state index in [9.17, 15) is 4.79 Å². The van der Waals surface area contributed by atoms with Crippen LogP contribution in [0.1, 0.15) is 18.4 Å². The van der Waals surface area contributed by atoms with Gasteiger partial charge in [0.1, 0.15) is 5.65 Å². The topological polar surface area (TPSA) is 61.5 Å². The summed E-state index contributed by atoms with van der Waals surface area (Å²) < 4.78 is 15.5. The van der Waals surface area contributed by atoms with Gasteiger partial charge >= 0.3 is 0 Å². The van der Waals surface area contributed by atoms with Crippen molar-refractivity contribution in [2.45, 2.75) is 25.2 Å². The third-order valence-corrected chi connectivity index (χ3v) is 7.29. The molecule has 0 saturated carbocycles. The summed E-state index contributed by atoms with van der Waals surface area (Å²) in [4.78, 5) is 20.1. The minimum absolute atomic E-state index is 0.0542. The van der Waals surface area contributed by atoms with E-state index in [1.54, 1.807) is 10.6 Å². The van der Waals surface area contributed by atoms with Crippen molar-refractivity contribution in [3.63, 3.8) is 0 Å². The smallest absolute Gasteiger partial charge is 0.251 e. The van der Waals surface area contributed by atoms with Crippen LogP contribution in [0.5, 0.6) is 0 Å². The minimum Gasteiger partial charge on any atom is -0.370 e. The first-order valence-electron chi connectivity index (χ1n) is 11.9. The first-order chi connectivity index (χ1) is 17.0. The van der Waals surface area contributed by atoms with E-state index < -0.39 is 5.79 Å². The highest BCUT2D eigenvalue weighted by atomic mass is 35.5. The van der Waals surface area contributed by atoms with E-state index in [1.807, 2.05) is 60.5 Å². The zero-order chi connectivity index (χ0) is 24.0. The van der Waals surface area contributed by atoms with E-state index in [2.05, 4.69) is 11.0 Å². The summed E-state index contributed by atoms with van der Waals surface area (Å²) >= 11 is 6.10. The molecule has 0 radical (unpaired) electrons. The lowest BCUT2D eigenvalue weighted by atomic mass is 10.0. The molecule has 6 rings (SSSR count). The monoisotopic (exact) mass is 490 g/mol. The number of nitrogens with zero attached hydrogens (tertiary/aromatic N) is 4. The third-order valence-electron chi connectivity index (χ3n) is 7.05. The average Bonchev–Trinajstić information content (AvgIpc) is 3.45. The lowest BCUT2D eigenvalue weighted by Gasteiger charge is -2.38. The second-order valence-corrected chi connectivity index (χ2v) is 9.76. The highest BCUT2D eigenvalue weighted by Crippen LogP contribution is 2.35. The van der Waals surface area contributed by atoms with Gasteiger partial charge in [-0.25, -0.2) is 4.98 Å². The summed E-state index contributed by atoms with van der Waals surface area (Å²) in [7, 11) is 1.98. The third kappa shape index (κ3) is 4.24. The van der Waals surface area contributed by atoms with Gasteiger partial charge in [-0.1, -0.05) is 23.7 Å². The van der Waals surface area contributed by atoms with Gasteiger partial charge in [-0.05, 0) is 35.4 Å². The Kier molecular flexibility index (Phi) is 5.63. The predicted octanol–water partition coefficient (Wildman–Crippen LogP) is 4.45. The molecule has 0 bridgehead atoms. The van der Waals surface area contributed by atoms with Gasteiger partial charge in [0.2, 0.25) is 0 Å². The number of aromatic nitrogens is 3. The zero-order valence-electron chi connectivity index (χ0n) is 19.6. The van der Waals surface area contributed by atoms with Gasteiger partial charge in [-0.3, -0.25) is 4.79 Å². The number of anilines is 1. The summed E-state index contributed by atoms with van der Waals surface area (Å²) in [6.07, 6.45) is 7.52. The number of halogens is 1. The van der Waals surface area contributed by atoms with Crippen molar-refractivity contribution in [1.29, 1.82) is 0 Å². The van der Waals surface area contributed by atoms with Crippen molar-refractivity contribution in [2.24, 2.45) is 7.05 Å². The van der Waals surface area contributed by atoms with Crippen molar-refractivity contribution in [3.8, 4) is 11.1 Å². The Hall–Kier alpha value is -3.13. The van der Waals surface area contributed by atoms with Crippen LogP contribution in [-0.4, -0.2) is 46.2 Å². The second kappa shape index (κ2) is 8.82. The van der Waals surface area contributed by atoms with Crippen LogP contribution in [0.4, 0.5) is 5.69 Å². The first-order valence-corrected chi connectivity index (χ1v) is 12.3. The summed E-state index contributed by atoms with van der Waals surface area (Å²) in [5.41, 5.74) is 4.78. The van der Waals surface area contributed by atoms with Crippen LogP contribution < -0.4 is 10.5 Å². The van der Waals surface area contributed by atoms with Crippen LogP contribution in [0.25, 0.3) is 22.2 Å². The van der Waals surface area contributed by atoms with E-state index >= 15 is 0 Å². The Balaban J connectivity index is 1.29. The van der Waals surface area contributed by atoms with Gasteiger partial charge in [0.05, 0.1) is 31.6 Å². The predicted molar refractivity (Wildman–Crippen MR) is 137 cm³/mol. The lowest BCUT2D eigenvalue weighted by molar-refractivity contribution is -0.169. The molecular formula is C27H27ClN4O3. The van der Waals surface area contributed by atoms with E-state index in [4.69, 9.17) is 26.1 Å². The highest BCUT2D eigenvalue weighted by molar-refractivity contribution is 6.30. The molecule has 1 aromatic carbocycles. The second-order valence-electron chi connectivity index (χ2n) is 9.32. The van der Waals surface area contributed by atoms with Crippen LogP contribution in [0.2, 0.25) is 5.02 Å². The normalized spacial score (nSPS) is 17.5. The molecule has 2 aliphatic heterocycles. The quantitative estimate of drug-likeness (QED) is 0.423. The number of ether oxygens (including phenoxy) is 2. The molecule has 0 N–H and O–H groups in total. The molecule has 1 spiro atoms. The Morgan fingerprint density at radius 1 is 1.09 bits per heavy atom. The fraction of sp³-hybridized carbons (Fsp3) is 0.333. The van der Waals surface area contributed by atoms with Gasteiger partial charge in [-0.15, -0.1) is 0 Å². The van der Waals surface area contributed by atoms with Crippen molar-refractivity contribution >= 4 is 28.3 Å². The van der Waals surface area contributed by atoms with Crippen molar-refractivity contribution < 1.29 is 9.47 Å². The van der Waals surface area contributed by atoms with Crippen LogP contribution in [0.15, 0.2) is 65.8 Å². The van der Waals surface area contributed by atoms with Gasteiger partial charge in [-0.2, -0.15) is 0 Å². The van der Waals surface area contributed by atoms with E-state index in [0.29, 0.717) is 24.8 Å². The molecular weight excluding hydrogens is 464 g/mol. The largest absolute Gasteiger partial charge is 0.370 e. The van der Waals surface area contributed by atoms with Gasteiger partial charge in [0.15, 0.2) is 5.79 Å². The fourth-order valence-electron chi connectivity index (χ4n) is 5.18. The van der Waals surface area contributed by atoms with Gasteiger partial charge < -0.3 is 23.5 Å². The number of piperidine rings is 1. The molecule has 2 saturated heterocycles. The standard InChI is InChI=1S/C27H27ClN4O3/c1-30-18-24(20-5-8-32(25(33)14-20)17-19-3-2-4-21(28)13-19)23-15-22(16-29-26(23)30)31-9-6-27(7-10-31)34-11-12-35-27/h2-5,8,13-16,18H,6-7,9-12,17H2,1H3. The SMILES string of the molecule is Cn1cc(-c2ccn(Cc3cccc(Cl)c3)c(=O)c2)c2cc(N3CCC4(CC3)OCCO4)cnc21. The number of pyridine rings is 2. The fourth-order valence-corrected chi connectivity index (χ4v) is 5.40. The van der Waals surface area contributed by atoms with Crippen molar-refractivity contribution in [1.82, 2.24) is 14.1 Å². The first kappa shape index (κ1) is 22.3. The van der Waals surface area contributed by atoms with Crippen LogP contribution >= 0.6 is 11.6 Å². The van der Waals surface area contributed by atoms with Crippen LogP contribution in [0.3, 0.4) is 0 Å². The number of hydrogen-bond acceptors (Lipinski definition) is 5. The summed E-state index contributed by atoms with van der Waals surface area (Å²) in [6, 6.07) is 13.5. The molecule has 3 aromatic heterocycles. The Bertz CT molecular complexity index is 1440. The maximum atomic E-state index is 13.0. The molecule has 7 nitrogen and oxygen atoms in total. The van der Waals surface area contributed by atoms with Crippen LogP contribution in [-0.2, 0) is 23.1 Å². The molecule has 8 heteroatoms. The molecule has 0 atom stereocenters. The van der Waals surface area contributed by atoms with Crippen molar-refractivity contribution in [2.75, 3.05) is 31.2 Å². The molecule has 0 aliphatic carbocycles. The molecule has 0 unspecified atom stereocenters. The maximum Gasteiger partial charge on any atom is 0.251 e. The van der Waals surface area contributed by atoms with E-state index in [1.165, 1.54) is 0 Å². The average molecular weight is 491 g/mol. The summed E-state index contributed by atoms with van der Waals surface area (Å²) in [6.45, 7) is 3.55. The van der Waals surface area contributed by atoms with Gasteiger partial charge in [0.25, 0.3) is 5.56 Å². The van der Waals surface area contributed by atoms with E-state index in [0.717, 1.165) is 59.3 Å². The number of fused-ring (bicyclic) bond motifs is 1. The number of hydrogen-bond donors (Lipinski definition) is 0. The molecule has 5 heterocycles. The minimum atomic E-state index is -0.402. The Morgan fingerprint density at radius 3 is 2.63 bits per heavy atom. The summed E-state index contributed by atoms with van der Waals surface area (Å²) in [5, 5.41) is 1.70. The molecule has 180 valence electrons. The zero-order valence-corrected chi connectivity index (χ0v) is 20.4. The molecule has 4 aromatic rings. The van der Waals surface area contributed by atoms with Crippen LogP contribution in [0, 0.1) is 0 Å². The molecule has 35 heavy (non-hydrogen) atoms. The highest BCUT2D eigenvalue weighted by Gasteiger charge is 2.39. The Morgan fingerprint density at radius 2 is 1.89 bits per heavy atom. The van der Waals surface area contributed by atoms with Crippen molar-refractivity contribution in [3.05, 3.63) is 82.0 Å². The lowest BCUT2D eigenvalue weighted by Crippen LogP contribution is -2.45. The molecule has 0 amide bonds. The summed E-state index contributed by atoms with van der Waals surface area (Å²) in [5.74, 6) is -0.402. The Labute approximate surface area is 208 Å². The number of rotatable bonds is 4. The molecule has 2 fully saturated rings.